The second kappa shape index (κ2) is 8.08. The zero-order valence-corrected chi connectivity index (χ0v) is 14.9. The SMILES string of the molecule is CCCC1CCC(c2cc(C(F)(F)F)cc(C(F)(F)F)c2)NC1C(=O)OC. The largest absolute Gasteiger partial charge is 0.468 e. The first-order valence-corrected chi connectivity index (χ1v) is 8.60. The molecule has 1 aliphatic heterocycles. The first-order valence-electron chi connectivity index (χ1n) is 8.60. The van der Waals surface area contributed by atoms with Gasteiger partial charge in [0.2, 0.25) is 0 Å². The van der Waals surface area contributed by atoms with E-state index in [4.69, 9.17) is 4.74 Å². The van der Waals surface area contributed by atoms with Crippen molar-refractivity contribution < 1.29 is 35.9 Å². The molecule has 27 heavy (non-hydrogen) atoms. The lowest BCUT2D eigenvalue weighted by Crippen LogP contribution is -2.48. The Labute approximate surface area is 153 Å². The van der Waals surface area contributed by atoms with Gasteiger partial charge in [0.05, 0.1) is 18.2 Å². The number of hydrogen-bond donors (Lipinski definition) is 1. The minimum atomic E-state index is -4.91. The van der Waals surface area contributed by atoms with Crippen LogP contribution in [0, 0.1) is 5.92 Å². The molecule has 1 aromatic carbocycles. The standard InChI is InChI=1S/C18H21F6NO2/c1-3-4-10-5-6-14(25-15(10)16(26)27-2)11-7-12(17(19,20)21)9-13(8-11)18(22,23)24/h7-10,14-15,25H,3-6H2,1-2H3. The summed E-state index contributed by atoms with van der Waals surface area (Å²) in [6.07, 6.45) is -7.48. The molecule has 0 bridgehead atoms. The molecule has 3 unspecified atom stereocenters. The van der Waals surface area contributed by atoms with Crippen LogP contribution >= 0.6 is 0 Å². The van der Waals surface area contributed by atoms with E-state index < -0.39 is 41.5 Å². The van der Waals surface area contributed by atoms with Crippen molar-refractivity contribution in [2.75, 3.05) is 7.11 Å². The van der Waals surface area contributed by atoms with Gasteiger partial charge in [0.25, 0.3) is 0 Å². The molecule has 0 amide bonds. The lowest BCUT2D eigenvalue weighted by molar-refractivity contribution is -0.146. The molecule has 1 aromatic rings. The number of carbonyl (C=O) groups excluding carboxylic acids is 1. The van der Waals surface area contributed by atoms with E-state index in [1.807, 2.05) is 6.92 Å². The van der Waals surface area contributed by atoms with Gasteiger partial charge in [-0.1, -0.05) is 13.3 Å². The second-order valence-electron chi connectivity index (χ2n) is 6.69. The molecule has 3 nitrogen and oxygen atoms in total. The molecule has 0 spiro atoms. The zero-order valence-electron chi connectivity index (χ0n) is 14.9. The lowest BCUT2D eigenvalue weighted by Gasteiger charge is -2.36. The topological polar surface area (TPSA) is 38.3 Å². The Bertz CT molecular complexity index is 639. The number of benzene rings is 1. The van der Waals surface area contributed by atoms with Crippen LogP contribution in [0.5, 0.6) is 0 Å². The summed E-state index contributed by atoms with van der Waals surface area (Å²) in [6.45, 7) is 1.93. The van der Waals surface area contributed by atoms with Crippen LogP contribution in [0.3, 0.4) is 0 Å². The Kier molecular flexibility index (Phi) is 6.44. The molecule has 1 saturated heterocycles. The van der Waals surface area contributed by atoms with Crippen molar-refractivity contribution in [2.45, 2.75) is 57.0 Å². The van der Waals surface area contributed by atoms with Gasteiger partial charge in [-0.15, -0.1) is 0 Å². The number of rotatable bonds is 4. The molecular formula is C18H21F6NO2. The van der Waals surface area contributed by atoms with E-state index in [1.54, 1.807) is 0 Å². The Balaban J connectivity index is 2.40. The minimum absolute atomic E-state index is 0.0772. The summed E-state index contributed by atoms with van der Waals surface area (Å²) in [4.78, 5) is 12.0. The first-order chi connectivity index (χ1) is 12.5. The van der Waals surface area contributed by atoms with Crippen molar-refractivity contribution in [1.82, 2.24) is 5.32 Å². The summed E-state index contributed by atoms with van der Waals surface area (Å²) < 4.78 is 83.1. The van der Waals surface area contributed by atoms with Gasteiger partial charge in [0.1, 0.15) is 6.04 Å². The van der Waals surface area contributed by atoms with Crippen LogP contribution in [0.15, 0.2) is 18.2 Å². The maximum atomic E-state index is 13.1. The maximum absolute atomic E-state index is 13.1. The number of esters is 1. The number of nitrogens with one attached hydrogen (secondary N) is 1. The third-order valence-corrected chi connectivity index (χ3v) is 4.81. The Morgan fingerprint density at radius 3 is 2.07 bits per heavy atom. The molecule has 9 heteroatoms. The highest BCUT2D eigenvalue weighted by Crippen LogP contribution is 2.39. The lowest BCUT2D eigenvalue weighted by atomic mass is 9.82. The monoisotopic (exact) mass is 397 g/mol. The van der Waals surface area contributed by atoms with E-state index in [-0.39, 0.29) is 17.5 Å². The van der Waals surface area contributed by atoms with Gasteiger partial charge < -0.3 is 4.74 Å². The van der Waals surface area contributed by atoms with Gasteiger partial charge in [-0.05, 0) is 48.9 Å². The van der Waals surface area contributed by atoms with Gasteiger partial charge in [0.15, 0.2) is 0 Å². The fourth-order valence-electron chi connectivity index (χ4n) is 3.50. The highest BCUT2D eigenvalue weighted by Gasteiger charge is 2.40. The molecule has 3 atom stereocenters. The molecular weight excluding hydrogens is 376 g/mol. The van der Waals surface area contributed by atoms with E-state index in [9.17, 15) is 31.1 Å². The minimum Gasteiger partial charge on any atom is -0.468 e. The smallest absolute Gasteiger partial charge is 0.416 e. The fraction of sp³-hybridized carbons (Fsp3) is 0.611. The molecule has 0 saturated carbocycles. The van der Waals surface area contributed by atoms with Crippen LogP contribution < -0.4 is 5.32 Å². The fourth-order valence-corrected chi connectivity index (χ4v) is 3.50. The molecule has 1 N–H and O–H groups in total. The Morgan fingerprint density at radius 2 is 1.63 bits per heavy atom. The van der Waals surface area contributed by atoms with Gasteiger partial charge >= 0.3 is 18.3 Å². The molecule has 0 radical (unpaired) electrons. The summed E-state index contributed by atoms with van der Waals surface area (Å²) in [6, 6.07) is -0.0459. The van der Waals surface area contributed by atoms with Gasteiger partial charge in [0, 0.05) is 6.04 Å². The average molecular weight is 397 g/mol. The van der Waals surface area contributed by atoms with Crippen LogP contribution in [0.1, 0.15) is 55.3 Å². The molecule has 2 rings (SSSR count). The van der Waals surface area contributed by atoms with Crippen molar-refractivity contribution in [2.24, 2.45) is 5.92 Å². The number of piperidine rings is 1. The van der Waals surface area contributed by atoms with Crippen LogP contribution in [0.25, 0.3) is 0 Å². The Morgan fingerprint density at radius 1 is 1.07 bits per heavy atom. The summed E-state index contributed by atoms with van der Waals surface area (Å²) in [7, 11) is 1.20. The first kappa shape index (κ1) is 21.5. The second-order valence-corrected chi connectivity index (χ2v) is 6.69. The third-order valence-electron chi connectivity index (χ3n) is 4.81. The molecule has 1 aliphatic rings. The number of halogens is 6. The summed E-state index contributed by atoms with van der Waals surface area (Å²) in [5.41, 5.74) is -2.86. The predicted octanol–water partition coefficient (Wildman–Crippen LogP) is 5.11. The molecule has 152 valence electrons. The maximum Gasteiger partial charge on any atom is 0.416 e. The predicted molar refractivity (Wildman–Crippen MR) is 85.8 cm³/mol. The molecule has 1 heterocycles. The number of methoxy groups -OCH3 is 1. The van der Waals surface area contributed by atoms with Gasteiger partial charge in [-0.2, -0.15) is 26.3 Å². The van der Waals surface area contributed by atoms with E-state index in [0.29, 0.717) is 31.4 Å². The highest BCUT2D eigenvalue weighted by atomic mass is 19.4. The number of ether oxygens (including phenoxy) is 1. The van der Waals surface area contributed by atoms with E-state index in [1.165, 1.54) is 7.11 Å². The normalized spacial score (nSPS) is 23.9. The van der Waals surface area contributed by atoms with Crippen molar-refractivity contribution in [3.05, 3.63) is 34.9 Å². The number of hydrogen-bond acceptors (Lipinski definition) is 3. The van der Waals surface area contributed by atoms with E-state index in [0.717, 1.165) is 6.42 Å². The van der Waals surface area contributed by atoms with Crippen molar-refractivity contribution in [3.63, 3.8) is 0 Å². The van der Waals surface area contributed by atoms with Crippen LogP contribution in [0.2, 0.25) is 0 Å². The van der Waals surface area contributed by atoms with Gasteiger partial charge in [-0.25, -0.2) is 0 Å². The van der Waals surface area contributed by atoms with Crippen LogP contribution in [-0.2, 0) is 21.9 Å². The van der Waals surface area contributed by atoms with Gasteiger partial charge in [-0.3, -0.25) is 10.1 Å². The molecule has 1 fully saturated rings. The van der Waals surface area contributed by atoms with Crippen molar-refractivity contribution in [3.8, 4) is 0 Å². The Hall–Kier alpha value is -1.77. The summed E-state index contributed by atoms with van der Waals surface area (Å²) in [5.74, 6) is -0.646. The zero-order chi connectivity index (χ0) is 20.4. The van der Waals surface area contributed by atoms with Crippen molar-refractivity contribution >= 4 is 5.97 Å². The third kappa shape index (κ3) is 5.15. The quantitative estimate of drug-likeness (QED) is 0.567. The van der Waals surface area contributed by atoms with Crippen molar-refractivity contribution in [1.29, 1.82) is 0 Å². The number of carbonyl (C=O) groups is 1. The van der Waals surface area contributed by atoms with E-state index in [2.05, 4.69) is 5.32 Å². The molecule has 0 aliphatic carbocycles. The highest BCUT2D eigenvalue weighted by molar-refractivity contribution is 5.76. The molecule has 0 aromatic heterocycles. The van der Waals surface area contributed by atoms with Crippen LogP contribution in [-0.4, -0.2) is 19.1 Å². The van der Waals surface area contributed by atoms with E-state index >= 15 is 0 Å². The summed E-state index contributed by atoms with van der Waals surface area (Å²) >= 11 is 0. The summed E-state index contributed by atoms with van der Waals surface area (Å²) in [5, 5.41) is 2.90. The number of alkyl halides is 6. The van der Waals surface area contributed by atoms with Crippen LogP contribution in [0.4, 0.5) is 26.3 Å². The average Bonchev–Trinajstić information content (AvgIpc) is 2.59.